The maximum atomic E-state index is 11.9. The minimum atomic E-state index is -4.23. The molecule has 3 N–H and O–H groups in total. The van der Waals surface area contributed by atoms with Gasteiger partial charge in [0.25, 0.3) is 20.2 Å². The Kier molecular flexibility index (Phi) is 15.1. The molecule has 6 unspecified atom stereocenters. The normalized spacial score (nSPS) is 27.0. The predicted octanol–water partition coefficient (Wildman–Crippen LogP) is 9.53. The highest BCUT2D eigenvalue weighted by Gasteiger charge is 2.39. The standard InChI is InChI=1S/C47H67N3O7S2/c1-6-49(31-35-11-9-13-43(29-35)58(51,52)53)40-21-25-45(33(4)27-40)47(37-15-17-38(18-16-37)48-39-19-23-42(24-20-39)57-8-3)46-26-22-41(28-34(46)5)50(7-2)32-36-12-10-14-44(30-36)59(54,55)56/h9,11,13-15,17,19,23,27-28,30,33,35,37-38,45,47-48H,6-8,10,12,16,18,20-22,24-26,29,31-32H2,1-5H3,(H,51,52,53)(H,54,55,56). The Morgan fingerprint density at radius 3 is 2.27 bits per heavy atom. The minimum Gasteiger partial charge on any atom is -0.498 e. The Morgan fingerprint density at radius 1 is 0.847 bits per heavy atom. The molecule has 0 fully saturated rings. The first-order valence-corrected chi connectivity index (χ1v) is 24.8. The lowest BCUT2D eigenvalue weighted by Crippen LogP contribution is -2.38. The number of likely N-dealkylation sites (N-methyl/N-ethyl adjacent to an activating group) is 1. The maximum Gasteiger partial charge on any atom is 0.294 e. The van der Waals surface area contributed by atoms with Crippen LogP contribution in [0.4, 0.5) is 0 Å². The zero-order chi connectivity index (χ0) is 42.3. The lowest BCUT2D eigenvalue weighted by atomic mass is 9.63. The van der Waals surface area contributed by atoms with Crippen LogP contribution in [0.15, 0.2) is 116 Å². The molecule has 6 aliphatic carbocycles. The van der Waals surface area contributed by atoms with Crippen LogP contribution in [0.2, 0.25) is 0 Å². The van der Waals surface area contributed by atoms with Gasteiger partial charge in [0.2, 0.25) is 0 Å². The summed E-state index contributed by atoms with van der Waals surface area (Å²) in [5.74, 6) is 2.68. The van der Waals surface area contributed by atoms with E-state index < -0.39 is 20.2 Å². The number of nitrogens with zero attached hydrogens (tertiary/aromatic N) is 2. The van der Waals surface area contributed by atoms with Crippen LogP contribution >= 0.6 is 0 Å². The SMILES string of the molecule is CCOC1=CC=C(NC2C=CC(C(C3=C(C)C=C(N(CC)CC4=CC(S(=O)(=O)O)=CCC4)CC3)C3CCC(N(CC)CC4C=CC=C(S(=O)(=O)O)C4)=CC3C)CC2)CC1. The summed E-state index contributed by atoms with van der Waals surface area (Å²) in [6, 6.07) is 0.301. The highest BCUT2D eigenvalue weighted by molar-refractivity contribution is 7.90. The van der Waals surface area contributed by atoms with E-state index in [1.165, 1.54) is 28.7 Å². The second-order valence-electron chi connectivity index (χ2n) is 17.2. The molecule has 0 aromatic carbocycles. The molecule has 12 heteroatoms. The summed E-state index contributed by atoms with van der Waals surface area (Å²) in [7, 11) is -8.43. The average molecular weight is 850 g/mol. The Morgan fingerprint density at radius 2 is 1.64 bits per heavy atom. The zero-order valence-electron chi connectivity index (χ0n) is 35.8. The van der Waals surface area contributed by atoms with Gasteiger partial charge < -0.3 is 19.9 Å². The molecule has 0 aromatic heterocycles. The van der Waals surface area contributed by atoms with Crippen molar-refractivity contribution in [2.45, 2.75) is 111 Å². The van der Waals surface area contributed by atoms with E-state index in [1.54, 1.807) is 23.8 Å². The van der Waals surface area contributed by atoms with Crippen LogP contribution in [0, 0.1) is 29.6 Å². The van der Waals surface area contributed by atoms with Crippen molar-refractivity contribution in [3.63, 3.8) is 0 Å². The first-order valence-electron chi connectivity index (χ1n) is 22.0. The lowest BCUT2D eigenvalue weighted by molar-refractivity contribution is 0.191. The Balaban J connectivity index is 1.24. The van der Waals surface area contributed by atoms with E-state index in [4.69, 9.17) is 4.74 Å². The first kappa shape index (κ1) is 45.0. The van der Waals surface area contributed by atoms with E-state index in [9.17, 15) is 25.9 Å². The van der Waals surface area contributed by atoms with E-state index >= 15 is 0 Å². The third-order valence-corrected chi connectivity index (χ3v) is 15.1. The summed E-state index contributed by atoms with van der Waals surface area (Å²) in [5.41, 5.74) is 7.80. The van der Waals surface area contributed by atoms with Crippen molar-refractivity contribution >= 4 is 20.2 Å². The molecule has 0 amide bonds. The van der Waals surface area contributed by atoms with Crippen molar-refractivity contribution in [1.29, 1.82) is 0 Å². The summed E-state index contributed by atoms with van der Waals surface area (Å²) < 4.78 is 72.8. The molecule has 0 saturated carbocycles. The molecule has 0 heterocycles. The van der Waals surface area contributed by atoms with Crippen LogP contribution in [0.25, 0.3) is 0 Å². The minimum absolute atomic E-state index is 0.00440. The summed E-state index contributed by atoms with van der Waals surface area (Å²) in [4.78, 5) is 4.86. The molecule has 0 aliphatic heterocycles. The third-order valence-electron chi connectivity index (χ3n) is 13.3. The molecule has 0 spiro atoms. The molecular weight excluding hydrogens is 783 g/mol. The molecule has 6 aliphatic rings. The summed E-state index contributed by atoms with van der Waals surface area (Å²) in [6.45, 7) is 14.7. The molecule has 6 rings (SSSR count). The third kappa shape index (κ3) is 11.6. The van der Waals surface area contributed by atoms with Gasteiger partial charge in [-0.1, -0.05) is 49.0 Å². The fourth-order valence-electron chi connectivity index (χ4n) is 10.3. The van der Waals surface area contributed by atoms with Gasteiger partial charge in [-0.3, -0.25) is 9.11 Å². The Bertz CT molecular complexity index is 2100. The van der Waals surface area contributed by atoms with Crippen LogP contribution in [0.3, 0.4) is 0 Å². The molecule has 0 aromatic rings. The summed E-state index contributed by atoms with van der Waals surface area (Å²) >= 11 is 0. The van der Waals surface area contributed by atoms with Gasteiger partial charge in [0.05, 0.1) is 22.2 Å². The zero-order valence-corrected chi connectivity index (χ0v) is 37.4. The molecular formula is C47H67N3O7S2. The van der Waals surface area contributed by atoms with E-state index in [0.29, 0.717) is 62.3 Å². The van der Waals surface area contributed by atoms with E-state index in [-0.39, 0.29) is 15.7 Å². The van der Waals surface area contributed by atoms with Gasteiger partial charge in [-0.2, -0.15) is 16.8 Å². The quantitative estimate of drug-likeness (QED) is 0.0959. The second kappa shape index (κ2) is 19.9. The van der Waals surface area contributed by atoms with Crippen LogP contribution in [0.1, 0.15) is 105 Å². The number of rotatable bonds is 17. The molecule has 0 bridgehead atoms. The van der Waals surface area contributed by atoms with Crippen molar-refractivity contribution in [2.24, 2.45) is 29.6 Å². The van der Waals surface area contributed by atoms with Gasteiger partial charge in [-0.05, 0) is 163 Å². The summed E-state index contributed by atoms with van der Waals surface area (Å²) in [5, 5.41) is 3.82. The van der Waals surface area contributed by atoms with Gasteiger partial charge in [0.15, 0.2) is 0 Å². The number of allylic oxidation sites excluding steroid dienone is 16. The topological polar surface area (TPSA) is 136 Å². The molecule has 0 saturated heterocycles. The number of hydrogen-bond donors (Lipinski definition) is 3. The lowest BCUT2D eigenvalue weighted by Gasteiger charge is -2.44. The molecule has 10 nitrogen and oxygen atoms in total. The molecule has 59 heavy (non-hydrogen) atoms. The van der Waals surface area contributed by atoms with Crippen LogP contribution < -0.4 is 5.32 Å². The van der Waals surface area contributed by atoms with E-state index in [0.717, 1.165) is 82.2 Å². The van der Waals surface area contributed by atoms with Gasteiger partial charge >= 0.3 is 0 Å². The van der Waals surface area contributed by atoms with Crippen molar-refractivity contribution in [2.75, 3.05) is 32.8 Å². The molecule has 0 radical (unpaired) electrons. The summed E-state index contributed by atoms with van der Waals surface area (Å²) in [6.07, 6.45) is 32.4. The maximum absolute atomic E-state index is 11.9. The van der Waals surface area contributed by atoms with Crippen molar-refractivity contribution < 1.29 is 30.7 Å². The van der Waals surface area contributed by atoms with Gasteiger partial charge in [0, 0.05) is 55.7 Å². The first-order chi connectivity index (χ1) is 28.2. The number of ether oxygens (including phenoxy) is 1. The van der Waals surface area contributed by atoms with Crippen LogP contribution in [-0.4, -0.2) is 74.6 Å². The van der Waals surface area contributed by atoms with Crippen molar-refractivity contribution in [1.82, 2.24) is 15.1 Å². The van der Waals surface area contributed by atoms with Crippen LogP contribution in [-0.2, 0) is 25.0 Å². The van der Waals surface area contributed by atoms with E-state index in [1.807, 2.05) is 6.92 Å². The van der Waals surface area contributed by atoms with Crippen molar-refractivity contribution in [3.8, 4) is 0 Å². The van der Waals surface area contributed by atoms with Crippen molar-refractivity contribution in [3.05, 3.63) is 116 Å². The van der Waals surface area contributed by atoms with Gasteiger partial charge in [-0.25, -0.2) is 0 Å². The number of nitrogens with one attached hydrogen (secondary N) is 1. The predicted molar refractivity (Wildman–Crippen MR) is 238 cm³/mol. The van der Waals surface area contributed by atoms with E-state index in [2.05, 4.69) is 85.3 Å². The number of hydrogen-bond acceptors (Lipinski definition) is 8. The Hall–Kier alpha value is -3.58. The molecule has 324 valence electrons. The van der Waals surface area contributed by atoms with Crippen LogP contribution in [0.5, 0.6) is 0 Å². The average Bonchev–Trinajstić information content (AvgIpc) is 3.21. The monoisotopic (exact) mass is 849 g/mol. The Labute approximate surface area is 354 Å². The smallest absolute Gasteiger partial charge is 0.294 e. The second-order valence-corrected chi connectivity index (χ2v) is 20.1. The fourth-order valence-corrected chi connectivity index (χ4v) is 11.6. The molecule has 6 atom stereocenters. The van der Waals surface area contributed by atoms with Gasteiger partial charge in [-0.15, -0.1) is 0 Å². The highest BCUT2D eigenvalue weighted by Crippen LogP contribution is 2.48. The largest absolute Gasteiger partial charge is 0.498 e. The highest BCUT2D eigenvalue weighted by atomic mass is 32.2. The van der Waals surface area contributed by atoms with Gasteiger partial charge in [0.1, 0.15) is 0 Å². The fraction of sp³-hybridized carbons (Fsp3) is 0.574.